The van der Waals surface area contributed by atoms with Crippen LogP contribution < -0.4 is 4.74 Å². The van der Waals surface area contributed by atoms with E-state index in [-0.39, 0.29) is 12.4 Å². The van der Waals surface area contributed by atoms with Gasteiger partial charge in [-0.05, 0) is 36.4 Å². The lowest BCUT2D eigenvalue weighted by atomic mass is 10.1. The highest BCUT2D eigenvalue weighted by atomic mass is 35.5. The van der Waals surface area contributed by atoms with Gasteiger partial charge in [-0.1, -0.05) is 23.7 Å². The zero-order valence-electron chi connectivity index (χ0n) is 11.4. The van der Waals surface area contributed by atoms with Crippen LogP contribution in [0.1, 0.15) is 21.8 Å². The zero-order chi connectivity index (χ0) is 15.1. The van der Waals surface area contributed by atoms with Gasteiger partial charge < -0.3 is 9.15 Å². The van der Waals surface area contributed by atoms with Crippen molar-refractivity contribution >= 4 is 17.4 Å². The van der Waals surface area contributed by atoms with Gasteiger partial charge in [0.05, 0.1) is 5.56 Å². The molecule has 0 N–H and O–H groups in total. The molecule has 0 amide bonds. The molecule has 22 heavy (non-hydrogen) atoms. The second-order valence-electron chi connectivity index (χ2n) is 4.91. The lowest BCUT2D eigenvalue weighted by Crippen LogP contribution is -2.02. The number of halogens is 1. The van der Waals surface area contributed by atoms with Crippen molar-refractivity contribution in [3.8, 4) is 17.2 Å². The maximum absolute atomic E-state index is 12.6. The highest BCUT2D eigenvalue weighted by Crippen LogP contribution is 2.31. The number of rotatable bonds is 1. The molecule has 1 aliphatic heterocycles. The summed E-state index contributed by atoms with van der Waals surface area (Å²) in [5, 5.41) is 0.630. The van der Waals surface area contributed by atoms with Gasteiger partial charge in [0.15, 0.2) is 11.5 Å². The SMILES string of the molecule is O=C1c2ccccc2OCc2oc(-c3ccc(Cl)cc3)nc21. The monoisotopic (exact) mass is 311 g/mol. The summed E-state index contributed by atoms with van der Waals surface area (Å²) in [5.74, 6) is 1.19. The van der Waals surface area contributed by atoms with Crippen molar-refractivity contribution in [2.75, 3.05) is 0 Å². The molecule has 1 aliphatic rings. The van der Waals surface area contributed by atoms with Gasteiger partial charge in [0, 0.05) is 10.6 Å². The lowest BCUT2D eigenvalue weighted by molar-refractivity contribution is 0.103. The van der Waals surface area contributed by atoms with E-state index < -0.39 is 0 Å². The molecule has 0 fully saturated rings. The summed E-state index contributed by atoms with van der Waals surface area (Å²) in [7, 11) is 0. The minimum Gasteiger partial charge on any atom is -0.485 e. The number of aromatic nitrogens is 1. The van der Waals surface area contributed by atoms with Crippen LogP contribution in [-0.4, -0.2) is 10.8 Å². The summed E-state index contributed by atoms with van der Waals surface area (Å²) in [6, 6.07) is 14.2. The topological polar surface area (TPSA) is 52.3 Å². The molecule has 4 nitrogen and oxygen atoms in total. The van der Waals surface area contributed by atoms with Crippen molar-refractivity contribution in [2.45, 2.75) is 6.61 Å². The smallest absolute Gasteiger partial charge is 0.227 e. The largest absolute Gasteiger partial charge is 0.485 e. The van der Waals surface area contributed by atoms with Crippen molar-refractivity contribution < 1.29 is 13.9 Å². The van der Waals surface area contributed by atoms with E-state index in [1.807, 2.05) is 6.07 Å². The first-order chi connectivity index (χ1) is 10.7. The van der Waals surface area contributed by atoms with Crippen molar-refractivity contribution in [3.63, 3.8) is 0 Å². The standard InChI is InChI=1S/C17H10ClNO3/c18-11-7-5-10(6-8-11)17-19-15-14(22-17)9-21-13-4-2-1-3-12(13)16(15)20/h1-8H,9H2. The molecule has 2 aromatic carbocycles. The fraction of sp³-hybridized carbons (Fsp3) is 0.0588. The maximum atomic E-state index is 12.6. The molecular weight excluding hydrogens is 302 g/mol. The fourth-order valence-electron chi connectivity index (χ4n) is 2.39. The first kappa shape index (κ1) is 13.1. The van der Waals surface area contributed by atoms with Crippen molar-refractivity contribution in [1.29, 1.82) is 0 Å². The lowest BCUT2D eigenvalue weighted by Gasteiger charge is -2.04. The van der Waals surface area contributed by atoms with E-state index in [4.69, 9.17) is 20.8 Å². The number of carbonyl (C=O) groups is 1. The Morgan fingerprint density at radius 2 is 1.82 bits per heavy atom. The second-order valence-corrected chi connectivity index (χ2v) is 5.35. The molecule has 1 aromatic heterocycles. The Labute approximate surface area is 131 Å². The molecule has 5 heteroatoms. The average molecular weight is 312 g/mol. The van der Waals surface area contributed by atoms with Gasteiger partial charge in [0.25, 0.3) is 0 Å². The summed E-state index contributed by atoms with van der Waals surface area (Å²) in [5.41, 5.74) is 1.56. The van der Waals surface area contributed by atoms with Crippen LogP contribution in [0.3, 0.4) is 0 Å². The quantitative estimate of drug-likeness (QED) is 0.678. The first-order valence-corrected chi connectivity index (χ1v) is 7.12. The van der Waals surface area contributed by atoms with Gasteiger partial charge >= 0.3 is 0 Å². The molecule has 0 saturated carbocycles. The molecule has 0 saturated heterocycles. The number of nitrogens with zero attached hydrogens (tertiary/aromatic N) is 1. The molecule has 0 aliphatic carbocycles. The summed E-state index contributed by atoms with van der Waals surface area (Å²) < 4.78 is 11.4. The van der Waals surface area contributed by atoms with E-state index in [0.717, 1.165) is 5.56 Å². The fourth-order valence-corrected chi connectivity index (χ4v) is 2.52. The van der Waals surface area contributed by atoms with Crippen molar-refractivity contribution in [3.05, 3.63) is 70.6 Å². The molecule has 2 heterocycles. The summed E-state index contributed by atoms with van der Waals surface area (Å²) in [4.78, 5) is 17.0. The van der Waals surface area contributed by atoms with Gasteiger partial charge in [-0.2, -0.15) is 0 Å². The van der Waals surface area contributed by atoms with E-state index in [1.54, 1.807) is 42.5 Å². The van der Waals surface area contributed by atoms with Crippen LogP contribution in [0.25, 0.3) is 11.5 Å². The number of carbonyl (C=O) groups excluding carboxylic acids is 1. The summed E-state index contributed by atoms with van der Waals surface area (Å²) >= 11 is 5.88. The van der Waals surface area contributed by atoms with Crippen LogP contribution in [0, 0.1) is 0 Å². The number of ether oxygens (including phenoxy) is 1. The minimum atomic E-state index is -0.188. The second kappa shape index (κ2) is 5.00. The zero-order valence-corrected chi connectivity index (χ0v) is 12.1. The maximum Gasteiger partial charge on any atom is 0.227 e. The van der Waals surface area contributed by atoms with Crippen LogP contribution in [0.2, 0.25) is 5.02 Å². The Balaban J connectivity index is 1.80. The normalized spacial score (nSPS) is 13.0. The Morgan fingerprint density at radius 3 is 2.64 bits per heavy atom. The van der Waals surface area contributed by atoms with E-state index in [9.17, 15) is 4.79 Å². The van der Waals surface area contributed by atoms with Crippen LogP contribution >= 0.6 is 11.6 Å². The van der Waals surface area contributed by atoms with Crippen LogP contribution in [0.5, 0.6) is 5.75 Å². The molecule has 0 bridgehead atoms. The van der Waals surface area contributed by atoms with Crippen LogP contribution in [0.15, 0.2) is 52.9 Å². The Hall–Kier alpha value is -2.59. The third-order valence-corrected chi connectivity index (χ3v) is 3.75. The third kappa shape index (κ3) is 2.09. The van der Waals surface area contributed by atoms with Gasteiger partial charge in [0.2, 0.25) is 11.7 Å². The average Bonchev–Trinajstić information content (AvgIpc) is 2.92. The number of oxazole rings is 1. The molecule has 4 rings (SSSR count). The highest BCUT2D eigenvalue weighted by molar-refractivity contribution is 6.30. The van der Waals surface area contributed by atoms with E-state index in [0.29, 0.717) is 33.7 Å². The van der Waals surface area contributed by atoms with E-state index in [1.165, 1.54) is 0 Å². The molecular formula is C17H10ClNO3. The van der Waals surface area contributed by atoms with Gasteiger partial charge in [-0.15, -0.1) is 0 Å². The van der Waals surface area contributed by atoms with Crippen molar-refractivity contribution in [2.24, 2.45) is 0 Å². The van der Waals surface area contributed by atoms with E-state index >= 15 is 0 Å². The summed E-state index contributed by atoms with van der Waals surface area (Å²) in [6.45, 7) is 0.179. The number of hydrogen-bond acceptors (Lipinski definition) is 4. The highest BCUT2D eigenvalue weighted by Gasteiger charge is 2.27. The minimum absolute atomic E-state index is 0.179. The number of benzene rings is 2. The summed E-state index contributed by atoms with van der Waals surface area (Å²) in [6.07, 6.45) is 0. The molecule has 0 spiro atoms. The Morgan fingerprint density at radius 1 is 1.05 bits per heavy atom. The van der Waals surface area contributed by atoms with Crippen LogP contribution in [-0.2, 0) is 6.61 Å². The molecule has 0 radical (unpaired) electrons. The van der Waals surface area contributed by atoms with Crippen LogP contribution in [0.4, 0.5) is 0 Å². The van der Waals surface area contributed by atoms with Gasteiger partial charge in [0.1, 0.15) is 12.4 Å². The van der Waals surface area contributed by atoms with E-state index in [2.05, 4.69) is 4.98 Å². The number of hydrogen-bond donors (Lipinski definition) is 0. The number of fused-ring (bicyclic) bond motifs is 2. The number of ketones is 1. The molecule has 0 atom stereocenters. The molecule has 108 valence electrons. The predicted molar refractivity (Wildman–Crippen MR) is 81.2 cm³/mol. The third-order valence-electron chi connectivity index (χ3n) is 3.49. The molecule has 0 unspecified atom stereocenters. The van der Waals surface area contributed by atoms with Gasteiger partial charge in [-0.25, -0.2) is 4.98 Å². The number of para-hydroxylation sites is 1. The van der Waals surface area contributed by atoms with Crippen molar-refractivity contribution in [1.82, 2.24) is 4.98 Å². The Kier molecular flexibility index (Phi) is 2.98. The molecule has 3 aromatic rings. The van der Waals surface area contributed by atoms with Gasteiger partial charge in [-0.3, -0.25) is 4.79 Å². The predicted octanol–water partition coefficient (Wildman–Crippen LogP) is 4.12. The Bertz CT molecular complexity index is 868. The first-order valence-electron chi connectivity index (χ1n) is 6.74.